The first-order chi connectivity index (χ1) is 5.02. The number of hydrogen-bond donors (Lipinski definition) is 2. The van der Waals surface area contributed by atoms with Gasteiger partial charge in [-0.2, -0.15) is 5.26 Å². The average molecular weight is 178 g/mol. The predicted molar refractivity (Wildman–Crippen MR) is 39.1 cm³/mol. The number of hydrogen-bond acceptors (Lipinski definition) is 4. The molecule has 0 fully saturated rings. The van der Waals surface area contributed by atoms with E-state index in [2.05, 4.69) is 4.72 Å². The van der Waals surface area contributed by atoms with Crippen molar-refractivity contribution in [2.45, 2.75) is 13.0 Å². The van der Waals surface area contributed by atoms with Crippen LogP contribution in [0, 0.1) is 11.3 Å². The molecule has 0 spiro atoms. The van der Waals surface area contributed by atoms with E-state index in [1.807, 2.05) is 0 Å². The fraction of sp³-hybridized carbons (Fsp3) is 0.800. The molecule has 11 heavy (non-hydrogen) atoms. The van der Waals surface area contributed by atoms with E-state index in [1.54, 1.807) is 0 Å². The maximum absolute atomic E-state index is 10.8. The van der Waals surface area contributed by atoms with Crippen molar-refractivity contribution in [2.75, 3.05) is 12.4 Å². The topological polar surface area (TPSA) is 90.2 Å². The summed E-state index contributed by atoms with van der Waals surface area (Å²) in [6.45, 7) is 1.24. The Labute approximate surface area is 65.7 Å². The first-order valence-electron chi connectivity index (χ1n) is 2.99. The summed E-state index contributed by atoms with van der Waals surface area (Å²) in [5.74, 6) is -0.572. The van der Waals surface area contributed by atoms with Crippen molar-refractivity contribution in [3.63, 3.8) is 0 Å². The summed E-state index contributed by atoms with van der Waals surface area (Å²) in [5, 5.41) is 16.5. The quantitative estimate of drug-likeness (QED) is 0.566. The Kier molecular flexibility index (Phi) is 4.03. The molecule has 2 N–H and O–H groups in total. The number of nitrogens with one attached hydrogen (secondary N) is 1. The van der Waals surface area contributed by atoms with Crippen LogP contribution in [-0.4, -0.2) is 31.9 Å². The van der Waals surface area contributed by atoms with Crippen molar-refractivity contribution >= 4 is 10.0 Å². The van der Waals surface area contributed by atoms with Gasteiger partial charge in [0, 0.05) is 6.04 Å². The number of nitriles is 1. The second kappa shape index (κ2) is 4.28. The third kappa shape index (κ3) is 4.72. The number of aliphatic hydroxyl groups excluding tert-OH is 1. The van der Waals surface area contributed by atoms with Crippen LogP contribution in [0.5, 0.6) is 0 Å². The second-order valence-electron chi connectivity index (χ2n) is 2.12. The van der Waals surface area contributed by atoms with Gasteiger partial charge in [0.2, 0.25) is 10.0 Å². The molecule has 0 saturated carbocycles. The zero-order valence-electron chi connectivity index (χ0n) is 6.11. The molecule has 0 radical (unpaired) electrons. The van der Waals surface area contributed by atoms with Gasteiger partial charge in [0.05, 0.1) is 12.7 Å². The molecule has 0 saturated heterocycles. The molecule has 1 unspecified atom stereocenters. The SMILES string of the molecule is CC(CO)NS(=O)(=O)CC#N. The third-order valence-corrected chi connectivity index (χ3v) is 2.18. The minimum atomic E-state index is -3.51. The smallest absolute Gasteiger partial charge is 0.225 e. The highest BCUT2D eigenvalue weighted by Crippen LogP contribution is 1.86. The van der Waals surface area contributed by atoms with Gasteiger partial charge in [-0.25, -0.2) is 13.1 Å². The highest BCUT2D eigenvalue weighted by atomic mass is 32.2. The minimum absolute atomic E-state index is 0.273. The Morgan fingerprint density at radius 2 is 2.27 bits per heavy atom. The molecule has 0 aliphatic rings. The van der Waals surface area contributed by atoms with Crippen LogP contribution in [0.2, 0.25) is 0 Å². The van der Waals surface area contributed by atoms with E-state index < -0.39 is 21.8 Å². The third-order valence-electron chi connectivity index (χ3n) is 0.909. The van der Waals surface area contributed by atoms with Crippen LogP contribution in [0.1, 0.15) is 6.92 Å². The van der Waals surface area contributed by atoms with Crippen LogP contribution in [0.15, 0.2) is 0 Å². The van der Waals surface area contributed by atoms with E-state index >= 15 is 0 Å². The van der Waals surface area contributed by atoms with Crippen molar-refractivity contribution in [2.24, 2.45) is 0 Å². The summed E-state index contributed by atoms with van der Waals surface area (Å²) in [6.07, 6.45) is 0. The monoisotopic (exact) mass is 178 g/mol. The van der Waals surface area contributed by atoms with Crippen LogP contribution in [0.4, 0.5) is 0 Å². The minimum Gasteiger partial charge on any atom is -0.395 e. The molecule has 0 amide bonds. The summed E-state index contributed by atoms with van der Waals surface area (Å²) in [5.41, 5.74) is 0. The van der Waals surface area contributed by atoms with Crippen LogP contribution in [0.3, 0.4) is 0 Å². The van der Waals surface area contributed by atoms with Gasteiger partial charge in [-0.1, -0.05) is 0 Å². The van der Waals surface area contributed by atoms with Crippen molar-refractivity contribution in [3.05, 3.63) is 0 Å². The molecular formula is C5H10N2O3S. The lowest BCUT2D eigenvalue weighted by molar-refractivity contribution is 0.265. The van der Waals surface area contributed by atoms with E-state index in [1.165, 1.54) is 13.0 Å². The van der Waals surface area contributed by atoms with E-state index in [0.29, 0.717) is 0 Å². The lowest BCUT2D eigenvalue weighted by atomic mass is 10.4. The number of sulfonamides is 1. The Hall–Kier alpha value is -0.640. The molecule has 1 atom stereocenters. The average Bonchev–Trinajstić information content (AvgIpc) is 1.86. The predicted octanol–water partition coefficient (Wildman–Crippen LogP) is -1.19. The van der Waals surface area contributed by atoms with Gasteiger partial charge in [-0.15, -0.1) is 0 Å². The first kappa shape index (κ1) is 10.4. The van der Waals surface area contributed by atoms with Gasteiger partial charge in [0.25, 0.3) is 0 Å². The van der Waals surface area contributed by atoms with Gasteiger partial charge in [-0.3, -0.25) is 0 Å². The molecule has 0 aliphatic heterocycles. The molecule has 64 valence electrons. The maximum Gasteiger partial charge on any atom is 0.225 e. The fourth-order valence-electron chi connectivity index (χ4n) is 0.470. The number of rotatable bonds is 4. The lowest BCUT2D eigenvalue weighted by Gasteiger charge is -2.08. The molecule has 0 aromatic heterocycles. The van der Waals surface area contributed by atoms with Gasteiger partial charge in [0.15, 0.2) is 5.75 Å². The molecule has 0 bridgehead atoms. The molecule has 0 aromatic rings. The van der Waals surface area contributed by atoms with Crippen LogP contribution < -0.4 is 4.72 Å². The maximum atomic E-state index is 10.8. The van der Waals surface area contributed by atoms with Gasteiger partial charge >= 0.3 is 0 Å². The molecule has 5 nitrogen and oxygen atoms in total. The van der Waals surface area contributed by atoms with E-state index in [9.17, 15) is 8.42 Å². The van der Waals surface area contributed by atoms with Gasteiger partial charge in [0.1, 0.15) is 0 Å². The van der Waals surface area contributed by atoms with Crippen molar-refractivity contribution < 1.29 is 13.5 Å². The van der Waals surface area contributed by atoms with Crippen LogP contribution in [-0.2, 0) is 10.0 Å². The fourth-order valence-corrected chi connectivity index (χ4v) is 1.41. The Morgan fingerprint density at radius 1 is 1.73 bits per heavy atom. The summed E-state index contributed by atoms with van der Waals surface area (Å²) in [6, 6.07) is 0.971. The summed E-state index contributed by atoms with van der Waals surface area (Å²) < 4.78 is 23.6. The standard InChI is InChI=1S/C5H10N2O3S/c1-5(4-8)7-11(9,10)3-2-6/h5,7-8H,3-4H2,1H3. The number of aliphatic hydroxyl groups is 1. The molecule has 0 aromatic carbocycles. The zero-order chi connectivity index (χ0) is 8.91. The van der Waals surface area contributed by atoms with Crippen LogP contribution >= 0.6 is 0 Å². The van der Waals surface area contributed by atoms with Crippen molar-refractivity contribution in [1.29, 1.82) is 5.26 Å². The summed E-state index contributed by atoms with van der Waals surface area (Å²) >= 11 is 0. The highest BCUT2D eigenvalue weighted by Gasteiger charge is 2.12. The van der Waals surface area contributed by atoms with Crippen LogP contribution in [0.25, 0.3) is 0 Å². The highest BCUT2D eigenvalue weighted by molar-refractivity contribution is 7.89. The summed E-state index contributed by atoms with van der Waals surface area (Å²) in [7, 11) is -3.51. The molecule has 0 rings (SSSR count). The molecular weight excluding hydrogens is 168 g/mol. The van der Waals surface area contributed by atoms with Crippen molar-refractivity contribution in [3.8, 4) is 6.07 Å². The van der Waals surface area contributed by atoms with E-state index in [-0.39, 0.29) is 6.61 Å². The van der Waals surface area contributed by atoms with Gasteiger partial charge < -0.3 is 5.11 Å². The molecule has 6 heteroatoms. The molecule has 0 heterocycles. The van der Waals surface area contributed by atoms with E-state index in [0.717, 1.165) is 0 Å². The van der Waals surface area contributed by atoms with Gasteiger partial charge in [-0.05, 0) is 6.92 Å². The number of nitrogens with zero attached hydrogens (tertiary/aromatic N) is 1. The zero-order valence-corrected chi connectivity index (χ0v) is 6.93. The Bertz CT molecular complexity index is 241. The molecule has 0 aliphatic carbocycles. The lowest BCUT2D eigenvalue weighted by Crippen LogP contribution is -2.36. The summed E-state index contributed by atoms with van der Waals surface area (Å²) in [4.78, 5) is 0. The van der Waals surface area contributed by atoms with Crippen molar-refractivity contribution in [1.82, 2.24) is 4.72 Å². The normalized spacial score (nSPS) is 13.9. The Morgan fingerprint density at radius 3 is 2.64 bits per heavy atom. The largest absolute Gasteiger partial charge is 0.395 e. The first-order valence-corrected chi connectivity index (χ1v) is 4.65. The Balaban J connectivity index is 4.05. The van der Waals surface area contributed by atoms with E-state index in [4.69, 9.17) is 10.4 Å². The second-order valence-corrected chi connectivity index (χ2v) is 3.87.